The molecule has 1 rings (SSSR count). The first-order chi connectivity index (χ1) is 8.79. The third-order valence-electron chi connectivity index (χ3n) is 2.42. The van der Waals surface area contributed by atoms with Gasteiger partial charge in [-0.1, -0.05) is 13.8 Å². The molecular weight excluding hydrogens is 254 g/mol. The van der Waals surface area contributed by atoms with Gasteiger partial charge in [-0.25, -0.2) is 9.59 Å². The Balaban J connectivity index is 2.77. The highest BCUT2D eigenvalue weighted by Crippen LogP contribution is 2.02. The molecule has 0 bridgehead atoms. The molecule has 0 aliphatic heterocycles. The lowest BCUT2D eigenvalue weighted by molar-refractivity contribution is -0.143. The Morgan fingerprint density at radius 1 is 1.32 bits per heavy atom. The molecule has 0 aliphatic rings. The first-order valence-corrected chi connectivity index (χ1v) is 5.64. The summed E-state index contributed by atoms with van der Waals surface area (Å²) in [6, 6.07) is 0.0628. The largest absolute Gasteiger partial charge is 0.480 e. The molecule has 1 atom stereocenters. The summed E-state index contributed by atoms with van der Waals surface area (Å²) in [6.45, 7) is 3.32. The van der Waals surface area contributed by atoms with Crippen molar-refractivity contribution in [3.63, 3.8) is 0 Å². The van der Waals surface area contributed by atoms with Gasteiger partial charge < -0.3 is 15.4 Å². The Bertz CT molecular complexity index is 558. The van der Waals surface area contributed by atoms with Crippen molar-refractivity contribution in [1.29, 1.82) is 0 Å². The molecule has 0 saturated heterocycles. The Kier molecular flexibility index (Phi) is 4.62. The van der Waals surface area contributed by atoms with E-state index in [9.17, 15) is 19.2 Å². The molecule has 1 aromatic rings. The van der Waals surface area contributed by atoms with Crippen LogP contribution in [0, 0.1) is 5.92 Å². The van der Waals surface area contributed by atoms with Crippen LogP contribution in [0.5, 0.6) is 0 Å². The Morgan fingerprint density at radius 2 is 1.95 bits per heavy atom. The molecule has 1 amide bonds. The summed E-state index contributed by atoms with van der Waals surface area (Å²) >= 11 is 0. The van der Waals surface area contributed by atoms with E-state index in [-0.39, 0.29) is 18.0 Å². The molecule has 0 spiro atoms. The second-order valence-corrected chi connectivity index (χ2v) is 4.42. The van der Waals surface area contributed by atoms with Crippen molar-refractivity contribution < 1.29 is 14.7 Å². The number of H-pyrrole nitrogens is 2. The molecule has 104 valence electrons. The van der Waals surface area contributed by atoms with Crippen LogP contribution in [0.1, 0.15) is 19.5 Å². The van der Waals surface area contributed by atoms with E-state index in [1.54, 1.807) is 13.8 Å². The fourth-order valence-corrected chi connectivity index (χ4v) is 1.53. The summed E-state index contributed by atoms with van der Waals surface area (Å²) in [4.78, 5) is 48.8. The molecule has 8 heteroatoms. The number of carboxylic acids is 1. The van der Waals surface area contributed by atoms with Gasteiger partial charge >= 0.3 is 11.7 Å². The highest BCUT2D eigenvalue weighted by atomic mass is 16.4. The maximum absolute atomic E-state index is 11.6. The van der Waals surface area contributed by atoms with Crippen molar-refractivity contribution in [3.05, 3.63) is 32.6 Å². The molecule has 8 nitrogen and oxygen atoms in total. The van der Waals surface area contributed by atoms with Crippen molar-refractivity contribution in [2.45, 2.75) is 26.3 Å². The lowest BCUT2D eigenvalue weighted by Crippen LogP contribution is -2.45. The van der Waals surface area contributed by atoms with Crippen LogP contribution >= 0.6 is 0 Å². The van der Waals surface area contributed by atoms with Crippen LogP contribution in [-0.2, 0) is 16.0 Å². The second kappa shape index (κ2) is 5.98. The van der Waals surface area contributed by atoms with Crippen LogP contribution in [-0.4, -0.2) is 33.0 Å². The number of aromatic nitrogens is 2. The molecule has 0 radical (unpaired) electrons. The summed E-state index contributed by atoms with van der Waals surface area (Å²) in [5, 5.41) is 11.2. The third kappa shape index (κ3) is 4.41. The summed E-state index contributed by atoms with van der Waals surface area (Å²) in [5.41, 5.74) is -1.21. The van der Waals surface area contributed by atoms with E-state index in [1.807, 2.05) is 4.98 Å². The zero-order valence-corrected chi connectivity index (χ0v) is 10.5. The monoisotopic (exact) mass is 269 g/mol. The van der Waals surface area contributed by atoms with Crippen LogP contribution in [0.4, 0.5) is 0 Å². The van der Waals surface area contributed by atoms with Crippen molar-refractivity contribution >= 4 is 11.9 Å². The van der Waals surface area contributed by atoms with E-state index in [2.05, 4.69) is 10.3 Å². The van der Waals surface area contributed by atoms with Crippen molar-refractivity contribution in [2.75, 3.05) is 0 Å². The highest BCUT2D eigenvalue weighted by Gasteiger charge is 2.23. The van der Waals surface area contributed by atoms with Gasteiger partial charge in [-0.2, -0.15) is 0 Å². The van der Waals surface area contributed by atoms with Gasteiger partial charge in [0.05, 0.1) is 6.42 Å². The fourth-order valence-electron chi connectivity index (χ4n) is 1.53. The number of nitrogens with one attached hydrogen (secondary N) is 3. The molecule has 19 heavy (non-hydrogen) atoms. The molecule has 0 aliphatic carbocycles. The number of carbonyl (C=O) groups excluding carboxylic acids is 1. The second-order valence-electron chi connectivity index (χ2n) is 4.42. The number of hydrogen-bond donors (Lipinski definition) is 4. The summed E-state index contributed by atoms with van der Waals surface area (Å²) in [5.74, 6) is -2.00. The maximum Gasteiger partial charge on any atom is 0.326 e. The van der Waals surface area contributed by atoms with Gasteiger partial charge in [-0.15, -0.1) is 0 Å². The molecule has 0 fully saturated rings. The number of hydrogen-bond acceptors (Lipinski definition) is 4. The van der Waals surface area contributed by atoms with E-state index in [1.165, 1.54) is 0 Å². The zero-order valence-electron chi connectivity index (χ0n) is 10.5. The number of carbonyl (C=O) groups is 2. The van der Waals surface area contributed by atoms with E-state index >= 15 is 0 Å². The zero-order chi connectivity index (χ0) is 14.6. The standard InChI is InChI=1S/C11H15N3O5/c1-5(2)9(10(17)18)13-7(15)3-6-4-8(16)14-11(19)12-6/h4-5,9H,3H2,1-2H3,(H,13,15)(H,17,18)(H2,12,14,16,19)/t9-/m0/s1. The minimum absolute atomic E-state index is 0.124. The highest BCUT2D eigenvalue weighted by molar-refractivity contribution is 5.84. The Labute approximate surface area is 107 Å². The predicted molar refractivity (Wildman–Crippen MR) is 65.8 cm³/mol. The molecule has 0 saturated carbocycles. The SMILES string of the molecule is CC(C)[C@H](NC(=O)Cc1cc(=O)[nH]c(=O)[nH]1)C(=O)O. The van der Waals surface area contributed by atoms with Gasteiger partial charge in [0.15, 0.2) is 0 Å². The molecule has 0 unspecified atom stereocenters. The van der Waals surface area contributed by atoms with Gasteiger partial charge in [0, 0.05) is 11.8 Å². The van der Waals surface area contributed by atoms with Gasteiger partial charge in [0.2, 0.25) is 5.91 Å². The van der Waals surface area contributed by atoms with Crippen LogP contribution in [0.3, 0.4) is 0 Å². The molecule has 1 heterocycles. The van der Waals surface area contributed by atoms with Gasteiger partial charge in [-0.3, -0.25) is 14.6 Å². The summed E-state index contributed by atoms with van der Waals surface area (Å²) in [6.07, 6.45) is -0.268. The smallest absolute Gasteiger partial charge is 0.326 e. The summed E-state index contributed by atoms with van der Waals surface area (Å²) < 4.78 is 0. The number of aliphatic carboxylic acids is 1. The van der Waals surface area contributed by atoms with Gasteiger partial charge in [0.25, 0.3) is 5.56 Å². The quantitative estimate of drug-likeness (QED) is 0.534. The minimum atomic E-state index is -1.14. The van der Waals surface area contributed by atoms with E-state index in [4.69, 9.17) is 5.11 Å². The molecule has 0 aromatic carbocycles. The van der Waals surface area contributed by atoms with E-state index < -0.39 is 29.2 Å². The van der Waals surface area contributed by atoms with Crippen molar-refractivity contribution in [2.24, 2.45) is 5.92 Å². The lowest BCUT2D eigenvalue weighted by atomic mass is 10.0. The van der Waals surface area contributed by atoms with Gasteiger partial charge in [0.1, 0.15) is 6.04 Å². The number of aromatic amines is 2. The van der Waals surface area contributed by atoms with Crippen LogP contribution in [0.25, 0.3) is 0 Å². The first-order valence-electron chi connectivity index (χ1n) is 5.64. The lowest BCUT2D eigenvalue weighted by Gasteiger charge is -2.17. The fraction of sp³-hybridized carbons (Fsp3) is 0.455. The third-order valence-corrected chi connectivity index (χ3v) is 2.42. The molecule has 1 aromatic heterocycles. The average Bonchev–Trinajstić information content (AvgIpc) is 2.23. The minimum Gasteiger partial charge on any atom is -0.480 e. The first kappa shape index (κ1) is 14.7. The Morgan fingerprint density at radius 3 is 2.42 bits per heavy atom. The van der Waals surface area contributed by atoms with Crippen LogP contribution in [0.2, 0.25) is 0 Å². The number of rotatable bonds is 5. The van der Waals surface area contributed by atoms with Crippen LogP contribution in [0.15, 0.2) is 15.7 Å². The topological polar surface area (TPSA) is 132 Å². The van der Waals surface area contributed by atoms with E-state index in [0.717, 1.165) is 6.07 Å². The normalized spacial score (nSPS) is 12.2. The number of amides is 1. The van der Waals surface area contributed by atoms with Crippen molar-refractivity contribution in [3.8, 4) is 0 Å². The van der Waals surface area contributed by atoms with Crippen LogP contribution < -0.4 is 16.6 Å². The van der Waals surface area contributed by atoms with Crippen molar-refractivity contribution in [1.82, 2.24) is 15.3 Å². The predicted octanol–water partition coefficient (Wildman–Crippen LogP) is -1.17. The molecular formula is C11H15N3O5. The maximum atomic E-state index is 11.6. The molecule has 4 N–H and O–H groups in total. The van der Waals surface area contributed by atoms with Gasteiger partial charge in [-0.05, 0) is 5.92 Å². The number of carboxylic acid groups (broad SMARTS) is 1. The Hall–Kier alpha value is -2.38. The average molecular weight is 269 g/mol. The van der Waals surface area contributed by atoms with E-state index in [0.29, 0.717) is 0 Å². The summed E-state index contributed by atoms with van der Waals surface area (Å²) in [7, 11) is 0.